The van der Waals surface area contributed by atoms with Gasteiger partial charge >= 0.3 is 0 Å². The first-order chi connectivity index (χ1) is 7.63. The second-order valence-electron chi connectivity index (χ2n) is 3.60. The van der Waals surface area contributed by atoms with Crippen LogP contribution in [0.3, 0.4) is 0 Å². The van der Waals surface area contributed by atoms with E-state index in [2.05, 4.69) is 17.2 Å². The lowest BCUT2D eigenvalue weighted by Crippen LogP contribution is -2.35. The van der Waals surface area contributed by atoms with Gasteiger partial charge in [-0.3, -0.25) is 4.79 Å². The third-order valence-electron chi connectivity index (χ3n) is 2.18. The zero-order chi connectivity index (χ0) is 12.0. The summed E-state index contributed by atoms with van der Waals surface area (Å²) in [6, 6.07) is 2.84. The molecule has 0 fully saturated rings. The molecule has 0 unspecified atom stereocenters. The number of hydrogen-bond acceptors (Lipinski definition) is 3. The molecule has 0 bridgehead atoms. The average molecular weight is 242 g/mol. The normalized spacial score (nSPS) is 12.2. The zero-order valence-corrected chi connectivity index (χ0v) is 10.00. The van der Waals surface area contributed by atoms with E-state index < -0.39 is 6.04 Å². The largest absolute Gasteiger partial charge is 0.320 e. The number of carbonyl (C=O) groups is 1. The fourth-order valence-electron chi connectivity index (χ4n) is 1.22. The van der Waals surface area contributed by atoms with E-state index in [0.717, 1.165) is 12.8 Å². The Morgan fingerprint density at radius 3 is 2.94 bits per heavy atom. The summed E-state index contributed by atoms with van der Waals surface area (Å²) in [4.78, 5) is 15.6. The molecule has 0 aromatic carbocycles. The molecular weight excluding hydrogens is 226 g/mol. The molecule has 0 aliphatic rings. The van der Waals surface area contributed by atoms with Gasteiger partial charge < -0.3 is 11.1 Å². The maximum Gasteiger partial charge on any atom is 0.242 e. The Labute approximate surface area is 100 Å². The minimum atomic E-state index is -0.475. The molecule has 1 amide bonds. The molecule has 0 radical (unpaired) electrons. The summed E-state index contributed by atoms with van der Waals surface area (Å²) in [5, 5.41) is 3.18. The molecule has 1 heterocycles. The Morgan fingerprint density at radius 2 is 2.38 bits per heavy atom. The lowest BCUT2D eigenvalue weighted by Gasteiger charge is -2.10. The number of aromatic nitrogens is 1. The van der Waals surface area contributed by atoms with Gasteiger partial charge in [-0.15, -0.1) is 0 Å². The van der Waals surface area contributed by atoms with E-state index in [1.165, 1.54) is 6.20 Å². The van der Waals surface area contributed by atoms with Crippen molar-refractivity contribution in [1.82, 2.24) is 4.98 Å². The van der Waals surface area contributed by atoms with E-state index in [0.29, 0.717) is 17.3 Å². The van der Waals surface area contributed by atoms with Gasteiger partial charge in [0.15, 0.2) is 0 Å². The van der Waals surface area contributed by atoms with Crippen LogP contribution >= 0.6 is 11.6 Å². The number of amides is 1. The van der Waals surface area contributed by atoms with Crippen LogP contribution in [-0.4, -0.2) is 16.9 Å². The van der Waals surface area contributed by atoms with Crippen LogP contribution in [-0.2, 0) is 4.79 Å². The highest BCUT2D eigenvalue weighted by Crippen LogP contribution is 2.10. The van der Waals surface area contributed by atoms with Crippen molar-refractivity contribution in [3.63, 3.8) is 0 Å². The van der Waals surface area contributed by atoms with Crippen molar-refractivity contribution < 1.29 is 4.79 Å². The van der Waals surface area contributed by atoms with Gasteiger partial charge in [0.1, 0.15) is 5.82 Å². The monoisotopic (exact) mass is 241 g/mol. The predicted octanol–water partition coefficient (Wildman–Crippen LogP) is 2.19. The van der Waals surface area contributed by atoms with Crippen LogP contribution in [0.1, 0.15) is 26.2 Å². The standard InChI is InChI=1S/C11H16ClN3O/c1-2-3-4-9(13)11(16)15-10-6-5-8(12)7-14-10/h5-7,9H,2-4,13H2,1H3,(H,14,15,16)/t9-/m0/s1. The third-order valence-corrected chi connectivity index (χ3v) is 2.41. The number of pyridine rings is 1. The minimum Gasteiger partial charge on any atom is -0.320 e. The van der Waals surface area contributed by atoms with E-state index in [-0.39, 0.29) is 5.91 Å². The lowest BCUT2D eigenvalue weighted by atomic mass is 10.1. The number of unbranched alkanes of at least 4 members (excludes halogenated alkanes) is 1. The summed E-state index contributed by atoms with van der Waals surface area (Å²) in [5.74, 6) is 0.268. The van der Waals surface area contributed by atoms with Crippen molar-refractivity contribution in [3.05, 3.63) is 23.4 Å². The molecule has 5 heteroatoms. The van der Waals surface area contributed by atoms with Crippen molar-refractivity contribution >= 4 is 23.3 Å². The molecule has 1 atom stereocenters. The summed E-state index contributed by atoms with van der Waals surface area (Å²) in [5.41, 5.74) is 5.72. The number of halogens is 1. The van der Waals surface area contributed by atoms with Gasteiger partial charge in [-0.1, -0.05) is 31.4 Å². The Balaban J connectivity index is 2.47. The molecule has 1 aromatic heterocycles. The molecule has 0 saturated heterocycles. The van der Waals surface area contributed by atoms with Crippen LogP contribution < -0.4 is 11.1 Å². The molecule has 4 nitrogen and oxygen atoms in total. The minimum absolute atomic E-state index is 0.205. The van der Waals surface area contributed by atoms with Crippen molar-refractivity contribution in [1.29, 1.82) is 0 Å². The number of anilines is 1. The lowest BCUT2D eigenvalue weighted by molar-refractivity contribution is -0.117. The Morgan fingerprint density at radius 1 is 1.62 bits per heavy atom. The summed E-state index contributed by atoms with van der Waals surface area (Å²) in [7, 11) is 0. The molecule has 1 rings (SSSR count). The van der Waals surface area contributed by atoms with Crippen molar-refractivity contribution in [2.45, 2.75) is 32.2 Å². The highest BCUT2D eigenvalue weighted by atomic mass is 35.5. The molecular formula is C11H16ClN3O. The maximum absolute atomic E-state index is 11.6. The van der Waals surface area contributed by atoms with E-state index in [9.17, 15) is 4.79 Å². The fourth-order valence-corrected chi connectivity index (χ4v) is 1.34. The average Bonchev–Trinajstić information content (AvgIpc) is 2.29. The Kier molecular flexibility index (Phi) is 5.22. The Hall–Kier alpha value is -1.13. The molecule has 88 valence electrons. The van der Waals surface area contributed by atoms with Crippen LogP contribution in [0.25, 0.3) is 0 Å². The number of nitrogens with one attached hydrogen (secondary N) is 1. The van der Waals surface area contributed by atoms with Crippen LogP contribution in [0.4, 0.5) is 5.82 Å². The number of carbonyl (C=O) groups excluding carboxylic acids is 1. The first-order valence-electron chi connectivity index (χ1n) is 5.31. The quantitative estimate of drug-likeness (QED) is 0.830. The van der Waals surface area contributed by atoms with Crippen LogP contribution in [0.5, 0.6) is 0 Å². The van der Waals surface area contributed by atoms with Gasteiger partial charge in [-0.2, -0.15) is 0 Å². The van der Waals surface area contributed by atoms with Gasteiger partial charge in [0.2, 0.25) is 5.91 Å². The van der Waals surface area contributed by atoms with Gasteiger partial charge in [-0.25, -0.2) is 4.98 Å². The van der Waals surface area contributed by atoms with Gasteiger partial charge in [0.25, 0.3) is 0 Å². The third kappa shape index (κ3) is 4.16. The predicted molar refractivity (Wildman–Crippen MR) is 65.4 cm³/mol. The Bertz CT molecular complexity index is 340. The second-order valence-corrected chi connectivity index (χ2v) is 4.04. The first kappa shape index (κ1) is 12.9. The highest BCUT2D eigenvalue weighted by Gasteiger charge is 2.12. The van der Waals surface area contributed by atoms with E-state index >= 15 is 0 Å². The second kappa shape index (κ2) is 6.45. The summed E-state index contributed by atoms with van der Waals surface area (Å²) in [6.07, 6.45) is 4.15. The molecule has 0 saturated carbocycles. The highest BCUT2D eigenvalue weighted by molar-refractivity contribution is 6.30. The molecule has 16 heavy (non-hydrogen) atoms. The summed E-state index contributed by atoms with van der Waals surface area (Å²) in [6.45, 7) is 2.06. The fraction of sp³-hybridized carbons (Fsp3) is 0.455. The van der Waals surface area contributed by atoms with Gasteiger partial charge in [0.05, 0.1) is 11.1 Å². The molecule has 0 aliphatic heterocycles. The maximum atomic E-state index is 11.6. The van der Waals surface area contributed by atoms with Crippen LogP contribution in [0, 0.1) is 0 Å². The van der Waals surface area contributed by atoms with Crippen molar-refractivity contribution in [2.24, 2.45) is 5.73 Å². The van der Waals surface area contributed by atoms with E-state index in [4.69, 9.17) is 17.3 Å². The number of nitrogens with zero attached hydrogens (tertiary/aromatic N) is 1. The van der Waals surface area contributed by atoms with E-state index in [1.54, 1.807) is 12.1 Å². The SMILES string of the molecule is CCCC[C@H](N)C(=O)Nc1ccc(Cl)cn1. The zero-order valence-electron chi connectivity index (χ0n) is 9.24. The topological polar surface area (TPSA) is 68.0 Å². The molecule has 1 aromatic rings. The number of hydrogen-bond donors (Lipinski definition) is 2. The first-order valence-corrected chi connectivity index (χ1v) is 5.69. The number of rotatable bonds is 5. The molecule has 3 N–H and O–H groups in total. The van der Waals surface area contributed by atoms with Crippen LogP contribution in [0.15, 0.2) is 18.3 Å². The van der Waals surface area contributed by atoms with Crippen molar-refractivity contribution in [2.75, 3.05) is 5.32 Å². The smallest absolute Gasteiger partial charge is 0.242 e. The summed E-state index contributed by atoms with van der Waals surface area (Å²) < 4.78 is 0. The van der Waals surface area contributed by atoms with Gasteiger partial charge in [-0.05, 0) is 18.6 Å². The summed E-state index contributed by atoms with van der Waals surface area (Å²) >= 11 is 5.68. The van der Waals surface area contributed by atoms with Crippen molar-refractivity contribution in [3.8, 4) is 0 Å². The van der Waals surface area contributed by atoms with E-state index in [1.807, 2.05) is 0 Å². The number of nitrogens with two attached hydrogens (primary N) is 1. The van der Waals surface area contributed by atoms with Crippen LogP contribution in [0.2, 0.25) is 5.02 Å². The molecule has 0 aliphatic carbocycles. The van der Waals surface area contributed by atoms with Gasteiger partial charge in [0, 0.05) is 6.20 Å². The molecule has 0 spiro atoms.